The van der Waals surface area contributed by atoms with Gasteiger partial charge in [0.1, 0.15) is 5.82 Å². The van der Waals surface area contributed by atoms with Gasteiger partial charge in [0.2, 0.25) is 0 Å². The Labute approximate surface area is 156 Å². The van der Waals surface area contributed by atoms with Crippen LogP contribution in [0.3, 0.4) is 0 Å². The monoisotopic (exact) mass is 366 g/mol. The molecule has 1 N–H and O–H groups in total. The molecule has 1 aliphatic rings. The van der Waals surface area contributed by atoms with Crippen molar-refractivity contribution in [3.05, 3.63) is 65.5 Å². The predicted octanol–water partition coefficient (Wildman–Crippen LogP) is 3.69. The molecule has 27 heavy (non-hydrogen) atoms. The Balaban J connectivity index is 1.67. The van der Waals surface area contributed by atoms with E-state index < -0.39 is 29.7 Å². The molecule has 1 amide bonds. The Bertz CT molecular complexity index is 898. The Hall–Kier alpha value is -3.20. The van der Waals surface area contributed by atoms with Crippen LogP contribution in [0.15, 0.2) is 48.5 Å². The quantitative estimate of drug-likeness (QED) is 0.819. The van der Waals surface area contributed by atoms with E-state index in [-0.39, 0.29) is 0 Å². The zero-order valence-corrected chi connectivity index (χ0v) is 14.7. The number of rotatable bonds is 5. The summed E-state index contributed by atoms with van der Waals surface area (Å²) in [4.78, 5) is 24.9. The summed E-state index contributed by atoms with van der Waals surface area (Å²) in [5.41, 5.74) is 0.149. The van der Waals surface area contributed by atoms with Gasteiger partial charge in [-0.1, -0.05) is 37.1 Å². The molecule has 1 fully saturated rings. The van der Waals surface area contributed by atoms with Crippen LogP contribution < -0.4 is 5.32 Å². The summed E-state index contributed by atoms with van der Waals surface area (Å²) in [5.74, 6) is -1.53. The summed E-state index contributed by atoms with van der Waals surface area (Å²) in [6.07, 6.45) is 2.60. The lowest BCUT2D eigenvalue weighted by Crippen LogP contribution is -2.37. The fraction of sp³-hybridized carbons (Fsp3) is 0.286. The molecule has 138 valence electrons. The number of halogens is 1. The fourth-order valence-corrected chi connectivity index (χ4v) is 3.54. The second-order valence-electron chi connectivity index (χ2n) is 6.59. The maximum Gasteiger partial charge on any atom is 0.317 e. The maximum atomic E-state index is 14.3. The van der Waals surface area contributed by atoms with Gasteiger partial charge in [-0.2, -0.15) is 5.26 Å². The van der Waals surface area contributed by atoms with E-state index >= 15 is 0 Å². The number of nitriles is 1. The summed E-state index contributed by atoms with van der Waals surface area (Å²) >= 11 is 0. The number of carbonyl (C=O) groups is 2. The maximum absolute atomic E-state index is 14.3. The van der Waals surface area contributed by atoms with Crippen LogP contribution in [0.5, 0.6) is 0 Å². The molecular formula is C21H19FN2O3. The van der Waals surface area contributed by atoms with Crippen LogP contribution >= 0.6 is 0 Å². The van der Waals surface area contributed by atoms with Crippen LogP contribution in [-0.2, 0) is 19.7 Å². The van der Waals surface area contributed by atoms with E-state index in [9.17, 15) is 14.0 Å². The van der Waals surface area contributed by atoms with Crippen molar-refractivity contribution in [1.29, 1.82) is 5.26 Å². The molecular weight excluding hydrogens is 347 g/mol. The Morgan fingerprint density at radius 3 is 2.59 bits per heavy atom. The first-order valence-corrected chi connectivity index (χ1v) is 8.77. The van der Waals surface area contributed by atoms with E-state index in [1.54, 1.807) is 36.4 Å². The van der Waals surface area contributed by atoms with Crippen molar-refractivity contribution >= 4 is 17.6 Å². The van der Waals surface area contributed by atoms with Gasteiger partial charge < -0.3 is 10.1 Å². The van der Waals surface area contributed by atoms with Gasteiger partial charge in [0.25, 0.3) is 5.91 Å². The number of amides is 1. The fourth-order valence-electron chi connectivity index (χ4n) is 3.54. The van der Waals surface area contributed by atoms with Crippen molar-refractivity contribution < 1.29 is 18.7 Å². The zero-order chi connectivity index (χ0) is 19.3. The van der Waals surface area contributed by atoms with Crippen molar-refractivity contribution in [2.24, 2.45) is 0 Å². The molecule has 0 aromatic heterocycles. The summed E-state index contributed by atoms with van der Waals surface area (Å²) in [6, 6.07) is 14.6. The lowest BCUT2D eigenvalue weighted by molar-refractivity contribution is -0.153. The minimum Gasteiger partial charge on any atom is -0.455 e. The summed E-state index contributed by atoms with van der Waals surface area (Å²) in [6.45, 7) is -0.466. The molecule has 0 heterocycles. The van der Waals surface area contributed by atoms with Gasteiger partial charge in [0.15, 0.2) is 6.61 Å². The van der Waals surface area contributed by atoms with Crippen LogP contribution in [0.2, 0.25) is 0 Å². The van der Waals surface area contributed by atoms with Crippen LogP contribution in [0.1, 0.15) is 36.8 Å². The molecule has 0 spiro atoms. The molecule has 1 aliphatic carbocycles. The molecule has 0 radical (unpaired) electrons. The van der Waals surface area contributed by atoms with Crippen molar-refractivity contribution in [2.75, 3.05) is 11.9 Å². The number of ether oxygens (including phenoxy) is 1. The highest BCUT2D eigenvalue weighted by molar-refractivity contribution is 5.94. The van der Waals surface area contributed by atoms with Gasteiger partial charge in [-0.15, -0.1) is 0 Å². The summed E-state index contributed by atoms with van der Waals surface area (Å²) in [7, 11) is 0. The molecule has 2 aromatic rings. The van der Waals surface area contributed by atoms with Gasteiger partial charge in [-0.05, 0) is 37.1 Å². The van der Waals surface area contributed by atoms with Gasteiger partial charge >= 0.3 is 5.97 Å². The lowest BCUT2D eigenvalue weighted by atomic mass is 9.78. The van der Waals surface area contributed by atoms with Crippen LogP contribution in [0.4, 0.5) is 10.1 Å². The standard InChI is InChI=1S/C21H19FN2O3/c22-18-9-2-1-8-17(18)21(10-3-4-11-21)20(26)27-14-19(25)24-16-7-5-6-15(12-16)13-23/h1-2,5-9,12H,3-4,10-11,14H2,(H,24,25). The summed E-state index contributed by atoms with van der Waals surface area (Å²) < 4.78 is 19.5. The van der Waals surface area contributed by atoms with Gasteiger partial charge in [0.05, 0.1) is 17.0 Å². The Morgan fingerprint density at radius 1 is 1.15 bits per heavy atom. The number of nitrogens with zero attached hydrogens (tertiary/aromatic N) is 1. The number of esters is 1. The Morgan fingerprint density at radius 2 is 1.89 bits per heavy atom. The highest BCUT2D eigenvalue weighted by Crippen LogP contribution is 2.43. The van der Waals surface area contributed by atoms with E-state index in [2.05, 4.69) is 5.32 Å². The highest BCUT2D eigenvalue weighted by atomic mass is 19.1. The molecule has 1 saturated carbocycles. The largest absolute Gasteiger partial charge is 0.455 e. The third-order valence-electron chi connectivity index (χ3n) is 4.85. The average molecular weight is 366 g/mol. The number of hydrogen-bond acceptors (Lipinski definition) is 4. The van der Waals surface area contributed by atoms with E-state index in [0.29, 0.717) is 29.7 Å². The molecule has 0 aliphatic heterocycles. The van der Waals surface area contributed by atoms with Crippen molar-refractivity contribution in [2.45, 2.75) is 31.1 Å². The highest BCUT2D eigenvalue weighted by Gasteiger charge is 2.45. The zero-order valence-electron chi connectivity index (χ0n) is 14.7. The van der Waals surface area contributed by atoms with Crippen LogP contribution in [0, 0.1) is 17.1 Å². The van der Waals surface area contributed by atoms with E-state index in [1.165, 1.54) is 12.1 Å². The van der Waals surface area contributed by atoms with E-state index in [1.807, 2.05) is 6.07 Å². The number of carbonyl (C=O) groups excluding carboxylic acids is 2. The molecule has 5 nitrogen and oxygen atoms in total. The molecule has 0 saturated heterocycles. The third-order valence-corrected chi connectivity index (χ3v) is 4.85. The van der Waals surface area contributed by atoms with Gasteiger partial charge in [-0.25, -0.2) is 4.39 Å². The van der Waals surface area contributed by atoms with E-state index in [0.717, 1.165) is 12.8 Å². The summed E-state index contributed by atoms with van der Waals surface area (Å²) in [5, 5.41) is 11.5. The minimum absolute atomic E-state index is 0.328. The first-order valence-electron chi connectivity index (χ1n) is 8.77. The van der Waals surface area contributed by atoms with Gasteiger partial charge in [0, 0.05) is 11.3 Å². The smallest absolute Gasteiger partial charge is 0.317 e. The molecule has 3 rings (SSSR count). The third kappa shape index (κ3) is 3.98. The van der Waals surface area contributed by atoms with Gasteiger partial charge in [-0.3, -0.25) is 9.59 Å². The Kier molecular flexibility index (Phi) is 5.51. The molecule has 0 bridgehead atoms. The van der Waals surface area contributed by atoms with Crippen molar-refractivity contribution in [1.82, 2.24) is 0 Å². The van der Waals surface area contributed by atoms with Crippen LogP contribution in [-0.4, -0.2) is 18.5 Å². The number of nitrogens with one attached hydrogen (secondary N) is 1. The average Bonchev–Trinajstić information content (AvgIpc) is 3.17. The number of anilines is 1. The second kappa shape index (κ2) is 8.00. The molecule has 0 atom stereocenters. The number of hydrogen-bond donors (Lipinski definition) is 1. The molecule has 6 heteroatoms. The minimum atomic E-state index is -1.04. The first-order chi connectivity index (χ1) is 13.0. The van der Waals surface area contributed by atoms with Crippen molar-refractivity contribution in [3.63, 3.8) is 0 Å². The van der Waals surface area contributed by atoms with Crippen molar-refractivity contribution in [3.8, 4) is 6.07 Å². The molecule has 2 aromatic carbocycles. The lowest BCUT2D eigenvalue weighted by Gasteiger charge is -2.27. The van der Waals surface area contributed by atoms with Crippen LogP contribution in [0.25, 0.3) is 0 Å². The first kappa shape index (κ1) is 18.6. The second-order valence-corrected chi connectivity index (χ2v) is 6.59. The SMILES string of the molecule is N#Cc1cccc(NC(=O)COC(=O)C2(c3ccccc3F)CCCC2)c1. The predicted molar refractivity (Wildman–Crippen MR) is 97.3 cm³/mol. The molecule has 0 unspecified atom stereocenters. The normalized spacial score (nSPS) is 15.0. The number of benzene rings is 2. The topological polar surface area (TPSA) is 79.2 Å². The van der Waals surface area contributed by atoms with E-state index in [4.69, 9.17) is 10.00 Å².